The highest BCUT2D eigenvalue weighted by molar-refractivity contribution is 7.90. The van der Waals surface area contributed by atoms with Gasteiger partial charge in [-0.25, -0.2) is 0 Å². The average Bonchev–Trinajstić information content (AvgIpc) is 2.53. The topological polar surface area (TPSA) is 88.3 Å². The van der Waals surface area contributed by atoms with Gasteiger partial charge in [0, 0.05) is 19.0 Å². The van der Waals surface area contributed by atoms with Gasteiger partial charge in [-0.05, 0) is 30.7 Å². The van der Waals surface area contributed by atoms with Crippen LogP contribution in [0.3, 0.4) is 0 Å². The van der Waals surface area contributed by atoms with Crippen molar-refractivity contribution in [2.75, 3.05) is 25.2 Å². The number of aliphatic hydroxyl groups is 1. The molecule has 0 aliphatic carbocycles. The molecule has 0 spiro atoms. The van der Waals surface area contributed by atoms with Crippen molar-refractivity contribution in [2.45, 2.75) is 31.9 Å². The number of benzene rings is 1. The molecule has 0 saturated carbocycles. The number of nitrogens with one attached hydrogen (secondary N) is 1. The van der Waals surface area contributed by atoms with E-state index in [2.05, 4.69) is 12.2 Å². The van der Waals surface area contributed by atoms with Crippen LogP contribution in [0.5, 0.6) is 5.75 Å². The summed E-state index contributed by atoms with van der Waals surface area (Å²) in [5, 5.41) is 21.9. The fourth-order valence-corrected chi connectivity index (χ4v) is 2.55. The SMILES string of the molecule is CCC(CC[S+](C)[O-])NCC(O)COc1ccc(C#N)cc1. The number of rotatable bonds is 10. The average molecular weight is 324 g/mol. The maximum Gasteiger partial charge on any atom is 0.119 e. The number of aliphatic hydroxyl groups excluding tert-OH is 1. The van der Waals surface area contributed by atoms with Crippen LogP contribution >= 0.6 is 0 Å². The van der Waals surface area contributed by atoms with Crippen molar-refractivity contribution in [3.63, 3.8) is 0 Å². The Labute approximate surface area is 135 Å². The number of ether oxygens (including phenoxy) is 1. The van der Waals surface area contributed by atoms with Gasteiger partial charge in [0.15, 0.2) is 0 Å². The third-order valence-corrected chi connectivity index (χ3v) is 4.13. The van der Waals surface area contributed by atoms with Crippen LogP contribution in [-0.2, 0) is 11.2 Å². The van der Waals surface area contributed by atoms with Crippen LogP contribution < -0.4 is 10.1 Å². The van der Waals surface area contributed by atoms with Gasteiger partial charge in [-0.3, -0.25) is 0 Å². The molecule has 5 nitrogen and oxygen atoms in total. The van der Waals surface area contributed by atoms with Crippen LogP contribution in [0.1, 0.15) is 25.3 Å². The molecule has 0 bridgehead atoms. The highest BCUT2D eigenvalue weighted by Crippen LogP contribution is 2.11. The molecule has 0 amide bonds. The van der Waals surface area contributed by atoms with Crippen LogP contribution in [0.4, 0.5) is 0 Å². The van der Waals surface area contributed by atoms with Gasteiger partial charge < -0.3 is 19.7 Å². The molecule has 0 saturated heterocycles. The Kier molecular flexibility index (Phi) is 8.94. The van der Waals surface area contributed by atoms with Crippen LogP contribution in [0.25, 0.3) is 0 Å². The van der Waals surface area contributed by atoms with E-state index in [0.29, 0.717) is 23.6 Å². The number of hydrogen-bond acceptors (Lipinski definition) is 5. The van der Waals surface area contributed by atoms with Crippen LogP contribution in [0.15, 0.2) is 24.3 Å². The lowest BCUT2D eigenvalue weighted by molar-refractivity contribution is 0.103. The van der Waals surface area contributed by atoms with Gasteiger partial charge in [-0.2, -0.15) is 5.26 Å². The van der Waals surface area contributed by atoms with Gasteiger partial charge in [0.2, 0.25) is 0 Å². The summed E-state index contributed by atoms with van der Waals surface area (Å²) in [6, 6.07) is 9.08. The van der Waals surface area contributed by atoms with Gasteiger partial charge in [0.05, 0.1) is 17.9 Å². The van der Waals surface area contributed by atoms with Gasteiger partial charge in [-0.1, -0.05) is 18.1 Å². The van der Waals surface area contributed by atoms with Gasteiger partial charge in [0.25, 0.3) is 0 Å². The first kappa shape index (κ1) is 18.8. The number of nitrogens with zero attached hydrogens (tertiary/aromatic N) is 1. The molecular weight excluding hydrogens is 300 g/mol. The van der Waals surface area contributed by atoms with Crippen LogP contribution in [0.2, 0.25) is 0 Å². The Bertz CT molecular complexity index is 459. The van der Waals surface area contributed by atoms with Crippen molar-refractivity contribution in [1.82, 2.24) is 5.32 Å². The second-order valence-electron chi connectivity index (χ2n) is 5.18. The molecule has 0 aliphatic rings. The molecule has 1 rings (SSSR count). The summed E-state index contributed by atoms with van der Waals surface area (Å²) >= 11 is -0.783. The Morgan fingerprint density at radius 1 is 1.41 bits per heavy atom. The standard InChI is InChI=1S/C16H24N2O3S/c1-3-14(8-9-22(2)20)18-11-15(19)12-21-16-6-4-13(10-17)5-7-16/h4-7,14-15,18-19H,3,8-9,11-12H2,1-2H3. The van der Waals surface area contributed by atoms with E-state index in [4.69, 9.17) is 10.00 Å². The number of hydrogen-bond donors (Lipinski definition) is 2. The minimum atomic E-state index is -0.783. The molecule has 0 fully saturated rings. The summed E-state index contributed by atoms with van der Waals surface area (Å²) in [5.41, 5.74) is 0.577. The Morgan fingerprint density at radius 2 is 2.09 bits per heavy atom. The second-order valence-corrected chi connectivity index (χ2v) is 6.74. The lowest BCUT2D eigenvalue weighted by atomic mass is 10.1. The minimum Gasteiger partial charge on any atom is -0.617 e. The lowest BCUT2D eigenvalue weighted by Gasteiger charge is -2.19. The van der Waals surface area contributed by atoms with E-state index in [9.17, 15) is 9.66 Å². The lowest BCUT2D eigenvalue weighted by Crippen LogP contribution is -2.38. The molecule has 122 valence electrons. The molecule has 3 atom stereocenters. The predicted octanol–water partition coefficient (Wildman–Crippen LogP) is 1.43. The van der Waals surface area contributed by atoms with E-state index in [1.807, 2.05) is 6.07 Å². The molecular formula is C16H24N2O3S. The van der Waals surface area contributed by atoms with E-state index in [1.54, 1.807) is 30.5 Å². The number of nitriles is 1. The van der Waals surface area contributed by atoms with Gasteiger partial charge in [0.1, 0.15) is 24.2 Å². The Balaban J connectivity index is 2.26. The minimum absolute atomic E-state index is 0.190. The quantitative estimate of drug-likeness (QED) is 0.636. The molecule has 22 heavy (non-hydrogen) atoms. The molecule has 2 N–H and O–H groups in total. The highest BCUT2D eigenvalue weighted by Gasteiger charge is 2.12. The molecule has 1 aromatic carbocycles. The van der Waals surface area contributed by atoms with Crippen molar-refractivity contribution in [1.29, 1.82) is 5.26 Å². The zero-order chi connectivity index (χ0) is 16.4. The van der Waals surface area contributed by atoms with E-state index >= 15 is 0 Å². The summed E-state index contributed by atoms with van der Waals surface area (Å²) in [6.45, 7) is 2.69. The second kappa shape index (κ2) is 10.5. The fraction of sp³-hybridized carbons (Fsp3) is 0.562. The first-order valence-corrected chi connectivity index (χ1v) is 9.12. The maximum atomic E-state index is 11.1. The summed E-state index contributed by atoms with van der Waals surface area (Å²) in [6.07, 6.45) is 2.85. The van der Waals surface area contributed by atoms with E-state index < -0.39 is 17.3 Å². The molecule has 0 aromatic heterocycles. The summed E-state index contributed by atoms with van der Waals surface area (Å²) in [5.74, 6) is 1.30. The first-order chi connectivity index (χ1) is 10.5. The largest absolute Gasteiger partial charge is 0.617 e. The van der Waals surface area contributed by atoms with Gasteiger partial charge >= 0.3 is 0 Å². The van der Waals surface area contributed by atoms with Crippen molar-refractivity contribution >= 4 is 11.2 Å². The van der Waals surface area contributed by atoms with Gasteiger partial charge in [-0.15, -0.1) is 0 Å². The molecule has 0 radical (unpaired) electrons. The predicted molar refractivity (Wildman–Crippen MR) is 88.3 cm³/mol. The molecule has 3 unspecified atom stereocenters. The molecule has 6 heteroatoms. The van der Waals surface area contributed by atoms with E-state index in [-0.39, 0.29) is 12.6 Å². The highest BCUT2D eigenvalue weighted by atomic mass is 32.2. The summed E-state index contributed by atoms with van der Waals surface area (Å²) in [4.78, 5) is 0. The van der Waals surface area contributed by atoms with Crippen molar-refractivity contribution in [3.05, 3.63) is 29.8 Å². The zero-order valence-electron chi connectivity index (χ0n) is 13.1. The Hall–Kier alpha value is -1.26. The smallest absolute Gasteiger partial charge is 0.119 e. The van der Waals surface area contributed by atoms with E-state index in [1.165, 1.54) is 0 Å². The summed E-state index contributed by atoms with van der Waals surface area (Å²) < 4.78 is 16.6. The van der Waals surface area contributed by atoms with Crippen molar-refractivity contribution in [2.24, 2.45) is 0 Å². The third kappa shape index (κ3) is 7.66. The van der Waals surface area contributed by atoms with Crippen LogP contribution in [-0.4, -0.2) is 47.0 Å². The van der Waals surface area contributed by atoms with Crippen molar-refractivity contribution < 1.29 is 14.4 Å². The molecule has 0 heterocycles. The molecule has 1 aromatic rings. The summed E-state index contributed by atoms with van der Waals surface area (Å²) in [7, 11) is 0. The maximum absolute atomic E-state index is 11.1. The first-order valence-electron chi connectivity index (χ1n) is 7.39. The molecule has 0 aliphatic heterocycles. The van der Waals surface area contributed by atoms with Crippen LogP contribution in [0, 0.1) is 11.3 Å². The monoisotopic (exact) mass is 324 g/mol. The Morgan fingerprint density at radius 3 is 2.64 bits per heavy atom. The third-order valence-electron chi connectivity index (χ3n) is 3.31. The van der Waals surface area contributed by atoms with Crippen molar-refractivity contribution in [3.8, 4) is 11.8 Å². The normalized spacial score (nSPS) is 14.9. The fourth-order valence-electron chi connectivity index (χ4n) is 1.94. The zero-order valence-corrected chi connectivity index (χ0v) is 13.9. The van der Waals surface area contributed by atoms with E-state index in [0.717, 1.165) is 12.8 Å².